The molecule has 0 rings (SSSR count). The van der Waals surface area contributed by atoms with Crippen LogP contribution in [0.25, 0.3) is 0 Å². The van der Waals surface area contributed by atoms with Crippen LogP contribution in [0.15, 0.2) is 12.2 Å². The number of nitrogens with one attached hydrogen (secondary N) is 1. The molecule has 0 fully saturated rings. The summed E-state index contributed by atoms with van der Waals surface area (Å²) in [4.78, 5) is 12.5. The lowest BCUT2D eigenvalue weighted by molar-refractivity contribution is -0.125. The van der Waals surface area contributed by atoms with Gasteiger partial charge in [0.15, 0.2) is 0 Å². The standard InChI is InChI=1S/C50H99NO4/c1-3-5-7-9-11-13-15-17-19-21-22-23-24-25-26-28-29-31-33-35-37-39-41-43-47(53)45-50(55)51-48(46-52)49(54)44-42-40-38-36-34-32-30-27-20-18-16-14-12-10-8-6-4-2/h25-26,47-49,52-54H,3-24,27-46H2,1-2H3,(H,51,55)/b26-25-. The zero-order valence-electron chi connectivity index (χ0n) is 37.3. The number of rotatable bonds is 46. The summed E-state index contributed by atoms with van der Waals surface area (Å²) in [5, 5.41) is 33.5. The molecular weight excluding hydrogens is 679 g/mol. The molecule has 55 heavy (non-hydrogen) atoms. The highest BCUT2D eigenvalue weighted by atomic mass is 16.3. The molecule has 0 aliphatic carbocycles. The molecule has 0 aromatic rings. The summed E-state index contributed by atoms with van der Waals surface area (Å²) in [6, 6.07) is -0.657. The van der Waals surface area contributed by atoms with Gasteiger partial charge in [0.25, 0.3) is 0 Å². The monoisotopic (exact) mass is 778 g/mol. The van der Waals surface area contributed by atoms with E-state index in [1.54, 1.807) is 0 Å². The summed E-state index contributed by atoms with van der Waals surface area (Å²) in [7, 11) is 0. The van der Waals surface area contributed by atoms with E-state index >= 15 is 0 Å². The molecule has 0 radical (unpaired) electrons. The first-order chi connectivity index (χ1) is 27.0. The number of hydrogen-bond acceptors (Lipinski definition) is 4. The second-order valence-electron chi connectivity index (χ2n) is 17.4. The van der Waals surface area contributed by atoms with Crippen LogP contribution in [-0.4, -0.2) is 46.1 Å². The van der Waals surface area contributed by atoms with Crippen molar-refractivity contribution in [2.45, 2.75) is 295 Å². The molecule has 4 N–H and O–H groups in total. The minimum atomic E-state index is -0.748. The van der Waals surface area contributed by atoms with Crippen LogP contribution in [0.2, 0.25) is 0 Å². The van der Waals surface area contributed by atoms with E-state index in [-0.39, 0.29) is 18.9 Å². The first-order valence-electron chi connectivity index (χ1n) is 25.0. The lowest BCUT2D eigenvalue weighted by atomic mass is 10.0. The summed E-state index contributed by atoms with van der Waals surface area (Å²) < 4.78 is 0. The minimum absolute atomic E-state index is 0.0369. The molecule has 0 aliphatic heterocycles. The summed E-state index contributed by atoms with van der Waals surface area (Å²) in [5.41, 5.74) is 0. The van der Waals surface area contributed by atoms with Gasteiger partial charge in [0, 0.05) is 0 Å². The molecule has 0 aromatic carbocycles. The Labute approximate surface area is 344 Å². The number of allylic oxidation sites excluding steroid dienone is 2. The maximum atomic E-state index is 12.5. The average molecular weight is 778 g/mol. The van der Waals surface area contributed by atoms with Crippen LogP contribution >= 0.6 is 0 Å². The van der Waals surface area contributed by atoms with Crippen LogP contribution in [0.5, 0.6) is 0 Å². The number of aliphatic hydroxyl groups excluding tert-OH is 3. The van der Waals surface area contributed by atoms with Gasteiger partial charge in [-0.05, 0) is 38.5 Å². The molecule has 5 heteroatoms. The smallest absolute Gasteiger partial charge is 0.222 e. The Kier molecular flexibility index (Phi) is 45.0. The summed E-state index contributed by atoms with van der Waals surface area (Å²) in [6.45, 7) is 4.29. The van der Waals surface area contributed by atoms with Crippen molar-refractivity contribution in [2.24, 2.45) is 0 Å². The van der Waals surface area contributed by atoms with E-state index in [4.69, 9.17) is 0 Å². The molecule has 5 nitrogen and oxygen atoms in total. The summed E-state index contributed by atoms with van der Waals surface area (Å²) in [5.74, 6) is -0.281. The summed E-state index contributed by atoms with van der Waals surface area (Å²) >= 11 is 0. The maximum Gasteiger partial charge on any atom is 0.222 e. The third-order valence-electron chi connectivity index (χ3n) is 11.8. The third-order valence-corrected chi connectivity index (χ3v) is 11.8. The molecule has 0 saturated carbocycles. The van der Waals surface area contributed by atoms with Gasteiger partial charge in [-0.3, -0.25) is 4.79 Å². The molecular formula is C50H99NO4. The van der Waals surface area contributed by atoms with Gasteiger partial charge in [-0.25, -0.2) is 0 Å². The second kappa shape index (κ2) is 45.8. The highest BCUT2D eigenvalue weighted by molar-refractivity contribution is 5.76. The lowest BCUT2D eigenvalue weighted by Crippen LogP contribution is -2.46. The van der Waals surface area contributed by atoms with E-state index in [2.05, 4.69) is 31.3 Å². The number of amides is 1. The van der Waals surface area contributed by atoms with Crippen molar-refractivity contribution in [2.75, 3.05) is 6.61 Å². The van der Waals surface area contributed by atoms with E-state index in [9.17, 15) is 20.1 Å². The molecule has 0 heterocycles. The van der Waals surface area contributed by atoms with Crippen LogP contribution in [0.4, 0.5) is 0 Å². The quantitative estimate of drug-likeness (QED) is 0.0366. The first-order valence-corrected chi connectivity index (χ1v) is 25.0. The van der Waals surface area contributed by atoms with Crippen molar-refractivity contribution in [3.05, 3.63) is 12.2 Å². The van der Waals surface area contributed by atoms with E-state index in [1.165, 1.54) is 218 Å². The fourth-order valence-electron chi connectivity index (χ4n) is 7.99. The number of carbonyl (C=O) groups excluding carboxylic acids is 1. The van der Waals surface area contributed by atoms with Crippen molar-refractivity contribution < 1.29 is 20.1 Å². The van der Waals surface area contributed by atoms with E-state index in [0.29, 0.717) is 12.8 Å². The molecule has 0 bridgehead atoms. The Balaban J connectivity index is 3.56. The topological polar surface area (TPSA) is 89.8 Å². The largest absolute Gasteiger partial charge is 0.394 e. The Morgan fingerprint density at radius 3 is 1.05 bits per heavy atom. The number of aliphatic hydroxyl groups is 3. The molecule has 3 atom stereocenters. The first kappa shape index (κ1) is 54.1. The molecule has 1 amide bonds. The molecule has 0 aromatic heterocycles. The predicted molar refractivity (Wildman–Crippen MR) is 241 cm³/mol. The molecule has 328 valence electrons. The van der Waals surface area contributed by atoms with Gasteiger partial charge < -0.3 is 20.6 Å². The van der Waals surface area contributed by atoms with Crippen LogP contribution in [0.1, 0.15) is 277 Å². The van der Waals surface area contributed by atoms with Crippen LogP contribution in [0.3, 0.4) is 0 Å². The van der Waals surface area contributed by atoms with Gasteiger partial charge in [-0.1, -0.05) is 244 Å². The van der Waals surface area contributed by atoms with Crippen molar-refractivity contribution in [1.29, 1.82) is 0 Å². The number of unbranched alkanes of at least 4 members (excludes halogenated alkanes) is 35. The molecule has 0 saturated heterocycles. The van der Waals surface area contributed by atoms with Gasteiger partial charge in [0.2, 0.25) is 5.91 Å². The van der Waals surface area contributed by atoms with E-state index in [0.717, 1.165) is 25.7 Å². The van der Waals surface area contributed by atoms with Crippen molar-refractivity contribution >= 4 is 5.91 Å². The molecule has 0 aliphatic rings. The van der Waals surface area contributed by atoms with E-state index < -0.39 is 18.2 Å². The van der Waals surface area contributed by atoms with E-state index in [1.807, 2.05) is 0 Å². The minimum Gasteiger partial charge on any atom is -0.394 e. The Bertz CT molecular complexity index is 773. The average Bonchev–Trinajstić information content (AvgIpc) is 3.18. The third kappa shape index (κ3) is 42.5. The SMILES string of the molecule is CCCCCCCCCCCCCC/C=C\CCCCCCCCCC(O)CC(=O)NC(CO)C(O)CCCCCCCCCCCCCCCCCCC. The Morgan fingerprint density at radius 2 is 0.727 bits per heavy atom. The zero-order chi connectivity index (χ0) is 40.1. The zero-order valence-corrected chi connectivity index (χ0v) is 37.3. The highest BCUT2D eigenvalue weighted by Gasteiger charge is 2.21. The lowest BCUT2D eigenvalue weighted by Gasteiger charge is -2.23. The number of hydrogen-bond donors (Lipinski definition) is 4. The van der Waals surface area contributed by atoms with Crippen molar-refractivity contribution in [3.8, 4) is 0 Å². The van der Waals surface area contributed by atoms with Gasteiger partial charge in [0.05, 0.1) is 31.3 Å². The predicted octanol–water partition coefficient (Wildman–Crippen LogP) is 14.8. The molecule has 0 spiro atoms. The Hall–Kier alpha value is -0.910. The Morgan fingerprint density at radius 1 is 0.436 bits per heavy atom. The fourth-order valence-corrected chi connectivity index (χ4v) is 7.99. The molecule has 3 unspecified atom stereocenters. The van der Waals surface area contributed by atoms with Gasteiger partial charge in [-0.2, -0.15) is 0 Å². The van der Waals surface area contributed by atoms with Crippen molar-refractivity contribution in [1.82, 2.24) is 5.32 Å². The van der Waals surface area contributed by atoms with Crippen LogP contribution in [-0.2, 0) is 4.79 Å². The highest BCUT2D eigenvalue weighted by Crippen LogP contribution is 2.17. The van der Waals surface area contributed by atoms with Gasteiger partial charge in [0.1, 0.15) is 0 Å². The fraction of sp³-hybridized carbons (Fsp3) is 0.940. The van der Waals surface area contributed by atoms with Gasteiger partial charge in [-0.15, -0.1) is 0 Å². The van der Waals surface area contributed by atoms with Crippen molar-refractivity contribution in [3.63, 3.8) is 0 Å². The maximum absolute atomic E-state index is 12.5. The second-order valence-corrected chi connectivity index (χ2v) is 17.4. The summed E-state index contributed by atoms with van der Waals surface area (Å²) in [6.07, 6.45) is 54.8. The number of carbonyl (C=O) groups is 1. The van der Waals surface area contributed by atoms with Gasteiger partial charge >= 0.3 is 0 Å². The van der Waals surface area contributed by atoms with Crippen LogP contribution in [0, 0.1) is 0 Å². The van der Waals surface area contributed by atoms with Crippen LogP contribution < -0.4 is 5.32 Å². The normalized spacial score (nSPS) is 13.5.